The Balaban J connectivity index is 1.61. The van der Waals surface area contributed by atoms with E-state index >= 15 is 0 Å². The van der Waals surface area contributed by atoms with Crippen LogP contribution in [0.1, 0.15) is 29.0 Å². The summed E-state index contributed by atoms with van der Waals surface area (Å²) in [6.45, 7) is 1.95. The number of fused-ring (bicyclic) bond motifs is 1. The lowest BCUT2D eigenvalue weighted by molar-refractivity contribution is 0.0944. The van der Waals surface area contributed by atoms with Gasteiger partial charge in [0.25, 0.3) is 5.91 Å². The number of rotatable bonds is 4. The summed E-state index contributed by atoms with van der Waals surface area (Å²) in [4.78, 5) is 25.9. The number of aryl methyl sites for hydroxylation is 1. The minimum Gasteiger partial charge on any atom is -0.348 e. The van der Waals surface area contributed by atoms with Gasteiger partial charge in [-0.05, 0) is 56.2 Å². The van der Waals surface area contributed by atoms with Crippen molar-refractivity contribution in [1.29, 1.82) is 0 Å². The maximum atomic E-state index is 12.5. The fourth-order valence-electron chi connectivity index (χ4n) is 3.15. The molecular weight excluding hydrogens is 352 g/mol. The van der Waals surface area contributed by atoms with E-state index in [0.29, 0.717) is 17.0 Å². The Hall–Kier alpha value is -3.61. The smallest absolute Gasteiger partial charge is 0.271 e. The van der Waals surface area contributed by atoms with Gasteiger partial charge in [-0.25, -0.2) is 9.50 Å². The predicted octanol–water partition coefficient (Wildman–Crippen LogP) is 3.05. The van der Waals surface area contributed by atoms with Crippen LogP contribution >= 0.6 is 0 Å². The molecule has 5 rings (SSSR count). The average Bonchev–Trinajstić information content (AvgIpc) is 3.43. The van der Waals surface area contributed by atoms with E-state index in [2.05, 4.69) is 25.4 Å². The molecule has 1 aliphatic rings. The Morgan fingerprint density at radius 1 is 1.07 bits per heavy atom. The van der Waals surface area contributed by atoms with Gasteiger partial charge >= 0.3 is 0 Å². The maximum absolute atomic E-state index is 12.5. The second-order valence-corrected chi connectivity index (χ2v) is 6.94. The molecule has 0 aromatic carbocycles. The highest BCUT2D eigenvalue weighted by molar-refractivity contribution is 5.93. The highest BCUT2D eigenvalue weighted by Gasteiger charge is 2.25. The van der Waals surface area contributed by atoms with Crippen LogP contribution in [0.4, 0.5) is 0 Å². The van der Waals surface area contributed by atoms with Gasteiger partial charge in [0.2, 0.25) is 0 Å². The highest BCUT2D eigenvalue weighted by Crippen LogP contribution is 2.28. The van der Waals surface area contributed by atoms with Crippen LogP contribution in [-0.4, -0.2) is 36.5 Å². The Morgan fingerprint density at radius 2 is 1.96 bits per heavy atom. The van der Waals surface area contributed by atoms with Crippen LogP contribution in [-0.2, 0) is 0 Å². The number of carbonyl (C=O) groups excluding carboxylic acids is 1. The van der Waals surface area contributed by atoms with Gasteiger partial charge in [0.15, 0.2) is 5.65 Å². The number of pyridine rings is 2. The third kappa shape index (κ3) is 3.00. The first-order valence-electron chi connectivity index (χ1n) is 9.24. The van der Waals surface area contributed by atoms with Crippen LogP contribution in [0.15, 0.2) is 54.9 Å². The van der Waals surface area contributed by atoms with E-state index in [-0.39, 0.29) is 11.9 Å². The van der Waals surface area contributed by atoms with E-state index in [9.17, 15) is 4.79 Å². The van der Waals surface area contributed by atoms with Crippen molar-refractivity contribution in [2.24, 2.45) is 0 Å². The lowest BCUT2D eigenvalue weighted by Gasteiger charge is -2.09. The van der Waals surface area contributed by atoms with Crippen molar-refractivity contribution in [2.45, 2.75) is 25.8 Å². The molecular formula is C21H18N6O. The quantitative estimate of drug-likeness (QED) is 0.597. The number of nitrogens with one attached hydrogen (secondary N) is 1. The van der Waals surface area contributed by atoms with Crippen LogP contribution in [0.25, 0.3) is 28.3 Å². The summed E-state index contributed by atoms with van der Waals surface area (Å²) >= 11 is 0. The first kappa shape index (κ1) is 16.6. The number of nitrogens with zero attached hydrogens (tertiary/aromatic N) is 5. The molecule has 0 unspecified atom stereocenters. The second kappa shape index (κ2) is 6.53. The fourth-order valence-corrected chi connectivity index (χ4v) is 3.15. The van der Waals surface area contributed by atoms with Crippen LogP contribution in [0, 0.1) is 6.92 Å². The monoisotopic (exact) mass is 370 g/mol. The fraction of sp³-hybridized carbons (Fsp3) is 0.190. The zero-order chi connectivity index (χ0) is 19.1. The van der Waals surface area contributed by atoms with Crippen molar-refractivity contribution in [3.8, 4) is 22.6 Å². The molecule has 1 N–H and O–H groups in total. The summed E-state index contributed by atoms with van der Waals surface area (Å²) in [5.74, 6) is -0.147. The SMILES string of the molecule is Cc1cccc(-c2ncccc2-c2ccc3ncc(C(=O)NC4CC4)n3n2)n1. The normalized spacial score (nSPS) is 13.6. The summed E-state index contributed by atoms with van der Waals surface area (Å²) < 4.78 is 1.59. The van der Waals surface area contributed by atoms with E-state index in [1.54, 1.807) is 16.9 Å². The summed E-state index contributed by atoms with van der Waals surface area (Å²) in [6.07, 6.45) is 5.37. The van der Waals surface area contributed by atoms with Crippen molar-refractivity contribution >= 4 is 11.6 Å². The zero-order valence-corrected chi connectivity index (χ0v) is 15.3. The number of hydrogen-bond donors (Lipinski definition) is 1. The molecule has 0 bridgehead atoms. The molecule has 28 heavy (non-hydrogen) atoms. The van der Waals surface area contributed by atoms with Crippen molar-refractivity contribution in [2.75, 3.05) is 0 Å². The Morgan fingerprint density at radius 3 is 2.79 bits per heavy atom. The summed E-state index contributed by atoms with van der Waals surface area (Å²) in [7, 11) is 0. The Labute approximate surface area is 161 Å². The van der Waals surface area contributed by atoms with Crippen molar-refractivity contribution in [3.63, 3.8) is 0 Å². The van der Waals surface area contributed by atoms with E-state index in [1.165, 1.54) is 0 Å². The topological polar surface area (TPSA) is 85.1 Å². The van der Waals surface area contributed by atoms with Gasteiger partial charge in [-0.1, -0.05) is 6.07 Å². The van der Waals surface area contributed by atoms with Gasteiger partial charge in [-0.2, -0.15) is 5.10 Å². The van der Waals surface area contributed by atoms with Crippen LogP contribution < -0.4 is 5.32 Å². The molecule has 1 fully saturated rings. The van der Waals surface area contributed by atoms with Gasteiger partial charge in [0, 0.05) is 23.5 Å². The molecule has 1 aliphatic carbocycles. The van der Waals surface area contributed by atoms with Crippen LogP contribution in [0.3, 0.4) is 0 Å². The van der Waals surface area contributed by atoms with E-state index < -0.39 is 0 Å². The molecule has 0 spiro atoms. The minimum absolute atomic E-state index is 0.147. The molecule has 0 radical (unpaired) electrons. The van der Waals surface area contributed by atoms with Gasteiger partial charge in [-0.15, -0.1) is 0 Å². The number of imidazole rings is 1. The van der Waals surface area contributed by atoms with Gasteiger partial charge in [-0.3, -0.25) is 14.8 Å². The Bertz CT molecular complexity index is 1190. The maximum Gasteiger partial charge on any atom is 0.271 e. The van der Waals surface area contributed by atoms with Gasteiger partial charge in [0.05, 0.1) is 23.3 Å². The number of carbonyl (C=O) groups is 1. The third-order valence-electron chi connectivity index (χ3n) is 4.72. The highest BCUT2D eigenvalue weighted by atomic mass is 16.2. The van der Waals surface area contributed by atoms with Gasteiger partial charge < -0.3 is 5.32 Å². The molecule has 0 atom stereocenters. The second-order valence-electron chi connectivity index (χ2n) is 6.94. The van der Waals surface area contributed by atoms with E-state index in [0.717, 1.165) is 35.5 Å². The first-order valence-corrected chi connectivity index (χ1v) is 9.24. The molecule has 4 aromatic rings. The molecule has 1 saturated carbocycles. The molecule has 7 nitrogen and oxygen atoms in total. The first-order chi connectivity index (χ1) is 13.7. The molecule has 4 heterocycles. The summed E-state index contributed by atoms with van der Waals surface area (Å²) in [6, 6.07) is 13.7. The zero-order valence-electron chi connectivity index (χ0n) is 15.3. The largest absolute Gasteiger partial charge is 0.348 e. The lowest BCUT2D eigenvalue weighted by atomic mass is 10.1. The number of aromatic nitrogens is 5. The molecule has 0 saturated heterocycles. The van der Waals surface area contributed by atoms with Crippen LogP contribution in [0.5, 0.6) is 0 Å². The van der Waals surface area contributed by atoms with Crippen LogP contribution in [0.2, 0.25) is 0 Å². The number of hydrogen-bond acceptors (Lipinski definition) is 5. The van der Waals surface area contributed by atoms with Crippen molar-refractivity contribution in [1.82, 2.24) is 29.9 Å². The summed E-state index contributed by atoms with van der Waals surface area (Å²) in [5.41, 5.74) is 5.08. The molecule has 4 aromatic heterocycles. The Kier molecular flexibility index (Phi) is 3.86. The summed E-state index contributed by atoms with van der Waals surface area (Å²) in [5, 5.41) is 7.68. The third-order valence-corrected chi connectivity index (χ3v) is 4.72. The average molecular weight is 370 g/mol. The predicted molar refractivity (Wildman–Crippen MR) is 105 cm³/mol. The molecule has 0 aliphatic heterocycles. The molecule has 138 valence electrons. The molecule has 7 heteroatoms. The van der Waals surface area contributed by atoms with E-state index in [1.807, 2.05) is 49.4 Å². The van der Waals surface area contributed by atoms with Crippen molar-refractivity contribution in [3.05, 3.63) is 66.2 Å². The number of amides is 1. The van der Waals surface area contributed by atoms with Crippen molar-refractivity contribution < 1.29 is 4.79 Å². The van der Waals surface area contributed by atoms with E-state index in [4.69, 9.17) is 0 Å². The molecule has 1 amide bonds. The standard InChI is InChI=1S/C21H18N6O/c1-13-4-2-6-17(24-13)20-15(5-3-11-22-20)16-9-10-19-23-12-18(27(19)26-16)21(28)25-14-7-8-14/h2-6,9-12,14H,7-8H2,1H3,(H,25,28). The lowest BCUT2D eigenvalue weighted by Crippen LogP contribution is -2.27. The van der Waals surface area contributed by atoms with Gasteiger partial charge in [0.1, 0.15) is 5.69 Å². The minimum atomic E-state index is -0.147.